The van der Waals surface area contributed by atoms with Gasteiger partial charge in [-0.3, -0.25) is 9.10 Å². The summed E-state index contributed by atoms with van der Waals surface area (Å²) in [6, 6.07) is 16.1. The summed E-state index contributed by atoms with van der Waals surface area (Å²) in [5.74, 6) is 0.0439. The first-order valence-corrected chi connectivity index (χ1v) is 11.5. The molecule has 0 aliphatic carbocycles. The molecule has 0 radical (unpaired) electrons. The molecule has 0 saturated carbocycles. The molecule has 1 atom stereocenters. The maximum Gasteiger partial charge on any atom is 0.264 e. The number of halogens is 1. The Hall–Kier alpha value is -3.59. The summed E-state index contributed by atoms with van der Waals surface area (Å²) in [6.07, 6.45) is 0. The fourth-order valence-corrected chi connectivity index (χ4v) is 4.42. The minimum atomic E-state index is -3.87. The van der Waals surface area contributed by atoms with Gasteiger partial charge in [0.1, 0.15) is 5.82 Å². The van der Waals surface area contributed by atoms with E-state index in [1.54, 1.807) is 43.3 Å². The number of methoxy groups -OCH3 is 2. The summed E-state index contributed by atoms with van der Waals surface area (Å²) in [5, 5.41) is 2.84. The van der Waals surface area contributed by atoms with Gasteiger partial charge >= 0.3 is 0 Å². The van der Waals surface area contributed by atoms with Crippen LogP contribution in [0, 0.1) is 5.82 Å². The average molecular weight is 473 g/mol. The van der Waals surface area contributed by atoms with Crippen LogP contribution < -0.4 is 19.1 Å². The number of anilines is 1. The number of amides is 1. The molecule has 3 rings (SSSR count). The number of hydrogen-bond acceptors (Lipinski definition) is 5. The van der Waals surface area contributed by atoms with Gasteiger partial charge in [-0.05, 0) is 61.0 Å². The van der Waals surface area contributed by atoms with Crippen LogP contribution in [0.4, 0.5) is 10.1 Å². The van der Waals surface area contributed by atoms with Gasteiger partial charge in [-0.25, -0.2) is 12.8 Å². The molecule has 3 aromatic rings. The van der Waals surface area contributed by atoms with E-state index in [0.29, 0.717) is 22.7 Å². The van der Waals surface area contributed by atoms with Gasteiger partial charge in [-0.2, -0.15) is 0 Å². The Kier molecular flexibility index (Phi) is 7.23. The van der Waals surface area contributed by atoms with Crippen LogP contribution >= 0.6 is 0 Å². The van der Waals surface area contributed by atoms with Gasteiger partial charge in [0, 0.05) is 18.7 Å². The van der Waals surface area contributed by atoms with Crippen molar-refractivity contribution in [2.45, 2.75) is 17.9 Å². The van der Waals surface area contributed by atoms with E-state index in [1.165, 1.54) is 51.6 Å². The predicted molar refractivity (Wildman–Crippen MR) is 124 cm³/mol. The molecule has 0 heterocycles. The van der Waals surface area contributed by atoms with Gasteiger partial charge < -0.3 is 14.8 Å². The molecule has 1 amide bonds. The summed E-state index contributed by atoms with van der Waals surface area (Å²) in [4.78, 5) is 12.6. The second kappa shape index (κ2) is 9.91. The van der Waals surface area contributed by atoms with Crippen LogP contribution in [0.25, 0.3) is 0 Å². The molecule has 0 bridgehead atoms. The van der Waals surface area contributed by atoms with Crippen LogP contribution in [-0.2, 0) is 10.0 Å². The SMILES string of the molecule is COc1ccc(S(=O)(=O)N(C)c2ccc(C(=O)NC(C)c3ccc(F)cc3)cc2)cc1OC. The van der Waals surface area contributed by atoms with Gasteiger partial charge in [0.25, 0.3) is 15.9 Å². The fourth-order valence-electron chi connectivity index (χ4n) is 3.21. The maximum atomic E-state index is 13.1. The molecule has 0 aromatic heterocycles. The molecular formula is C24H25FN2O5S. The van der Waals surface area contributed by atoms with Gasteiger partial charge in [0.2, 0.25) is 0 Å². The van der Waals surface area contributed by atoms with Gasteiger partial charge in [-0.1, -0.05) is 12.1 Å². The van der Waals surface area contributed by atoms with E-state index in [9.17, 15) is 17.6 Å². The van der Waals surface area contributed by atoms with Crippen LogP contribution in [-0.4, -0.2) is 35.6 Å². The molecule has 0 aliphatic rings. The lowest BCUT2D eigenvalue weighted by molar-refractivity contribution is 0.0940. The molecule has 9 heteroatoms. The van der Waals surface area contributed by atoms with Crippen LogP contribution in [0.1, 0.15) is 28.9 Å². The zero-order chi connectivity index (χ0) is 24.2. The Balaban J connectivity index is 1.76. The molecule has 1 unspecified atom stereocenters. The number of carbonyl (C=O) groups is 1. The van der Waals surface area contributed by atoms with Crippen LogP contribution in [0.5, 0.6) is 11.5 Å². The third kappa shape index (κ3) is 5.25. The Bertz CT molecular complexity index is 1230. The molecule has 174 valence electrons. The lowest BCUT2D eigenvalue weighted by Gasteiger charge is -2.21. The Labute approximate surface area is 192 Å². The highest BCUT2D eigenvalue weighted by Gasteiger charge is 2.23. The number of carbonyl (C=O) groups excluding carboxylic acids is 1. The lowest BCUT2D eigenvalue weighted by atomic mass is 10.1. The summed E-state index contributed by atoms with van der Waals surface area (Å²) in [7, 11) is 0.451. The van der Waals surface area contributed by atoms with Gasteiger partial charge in [0.05, 0.1) is 30.8 Å². The van der Waals surface area contributed by atoms with Crippen LogP contribution in [0.15, 0.2) is 71.6 Å². The van der Waals surface area contributed by atoms with E-state index in [2.05, 4.69) is 5.32 Å². The molecule has 3 aromatic carbocycles. The zero-order valence-corrected chi connectivity index (χ0v) is 19.5. The summed E-state index contributed by atoms with van der Waals surface area (Å²) in [6.45, 7) is 1.79. The first-order chi connectivity index (χ1) is 15.7. The number of hydrogen-bond donors (Lipinski definition) is 1. The second-order valence-corrected chi connectivity index (χ2v) is 9.25. The summed E-state index contributed by atoms with van der Waals surface area (Å²) >= 11 is 0. The van der Waals surface area contributed by atoms with Gasteiger partial charge in [-0.15, -0.1) is 0 Å². The number of nitrogens with zero attached hydrogens (tertiary/aromatic N) is 1. The van der Waals surface area contributed by atoms with Gasteiger partial charge in [0.15, 0.2) is 11.5 Å². The summed E-state index contributed by atoms with van der Waals surface area (Å²) < 4.78 is 50.7. The van der Waals surface area contributed by atoms with Crippen molar-refractivity contribution < 1.29 is 27.1 Å². The predicted octanol–water partition coefficient (Wildman–Crippen LogP) is 4.16. The molecule has 7 nitrogen and oxygen atoms in total. The molecule has 1 N–H and O–H groups in total. The third-order valence-electron chi connectivity index (χ3n) is 5.22. The highest BCUT2D eigenvalue weighted by atomic mass is 32.2. The van der Waals surface area contributed by atoms with Crippen LogP contribution in [0.2, 0.25) is 0 Å². The Morgan fingerprint density at radius 3 is 2.12 bits per heavy atom. The Morgan fingerprint density at radius 2 is 1.55 bits per heavy atom. The standard InChI is InChI=1S/C24H25FN2O5S/c1-16(17-5-9-19(25)10-6-17)26-24(28)18-7-11-20(12-8-18)27(2)33(29,30)21-13-14-22(31-3)23(15-21)32-4/h5-16H,1-4H3,(H,26,28). The van der Waals surface area contributed by atoms with Crippen LogP contribution in [0.3, 0.4) is 0 Å². The summed E-state index contributed by atoms with van der Waals surface area (Å²) in [5.41, 5.74) is 1.51. The van der Waals surface area contributed by atoms with E-state index in [1.807, 2.05) is 0 Å². The molecular weight excluding hydrogens is 447 g/mol. The smallest absolute Gasteiger partial charge is 0.264 e. The van der Waals surface area contributed by atoms with Crippen molar-refractivity contribution in [1.82, 2.24) is 5.32 Å². The maximum absolute atomic E-state index is 13.1. The number of ether oxygens (including phenoxy) is 2. The van der Waals surface area contributed by atoms with E-state index >= 15 is 0 Å². The lowest BCUT2D eigenvalue weighted by Crippen LogP contribution is -2.28. The third-order valence-corrected chi connectivity index (χ3v) is 7.01. The first-order valence-electron chi connectivity index (χ1n) is 10.0. The van der Waals surface area contributed by atoms with Crippen molar-refractivity contribution in [3.63, 3.8) is 0 Å². The topological polar surface area (TPSA) is 84.9 Å². The van der Waals surface area contributed by atoms with Crippen molar-refractivity contribution >= 4 is 21.6 Å². The quantitative estimate of drug-likeness (QED) is 0.532. The minimum absolute atomic E-state index is 0.0394. The highest BCUT2D eigenvalue weighted by molar-refractivity contribution is 7.92. The number of benzene rings is 3. The van der Waals surface area contributed by atoms with E-state index in [4.69, 9.17) is 9.47 Å². The molecule has 0 spiro atoms. The van der Waals surface area contributed by atoms with Crippen molar-refractivity contribution in [1.29, 1.82) is 0 Å². The monoisotopic (exact) mass is 472 g/mol. The fraction of sp³-hybridized carbons (Fsp3) is 0.208. The normalized spacial score (nSPS) is 12.0. The average Bonchev–Trinajstić information content (AvgIpc) is 2.83. The largest absolute Gasteiger partial charge is 0.493 e. The molecule has 0 saturated heterocycles. The number of sulfonamides is 1. The second-order valence-electron chi connectivity index (χ2n) is 7.28. The molecule has 33 heavy (non-hydrogen) atoms. The van der Waals surface area contributed by atoms with Crippen molar-refractivity contribution in [3.05, 3.63) is 83.7 Å². The molecule has 0 fully saturated rings. The first kappa shape index (κ1) is 24.1. The minimum Gasteiger partial charge on any atom is -0.493 e. The number of nitrogens with one attached hydrogen (secondary N) is 1. The highest BCUT2D eigenvalue weighted by Crippen LogP contribution is 2.31. The number of rotatable bonds is 8. The van der Waals surface area contributed by atoms with Crippen molar-refractivity contribution in [2.24, 2.45) is 0 Å². The molecule has 0 aliphatic heterocycles. The van der Waals surface area contributed by atoms with E-state index in [0.717, 1.165) is 9.87 Å². The van der Waals surface area contributed by atoms with Crippen molar-refractivity contribution in [3.8, 4) is 11.5 Å². The van der Waals surface area contributed by atoms with Crippen molar-refractivity contribution in [2.75, 3.05) is 25.6 Å². The Morgan fingerprint density at radius 1 is 0.939 bits per heavy atom. The zero-order valence-electron chi connectivity index (χ0n) is 18.7. The van der Waals surface area contributed by atoms with E-state index < -0.39 is 10.0 Å². The van der Waals surface area contributed by atoms with E-state index in [-0.39, 0.29) is 22.7 Å².